The highest BCUT2D eigenvalue weighted by Crippen LogP contribution is 2.35. The number of nitriles is 1. The lowest BCUT2D eigenvalue weighted by Gasteiger charge is -2.14. The molecule has 0 aliphatic carbocycles. The molecule has 0 heterocycles. The van der Waals surface area contributed by atoms with Gasteiger partial charge in [-0.3, -0.25) is 4.79 Å². The summed E-state index contributed by atoms with van der Waals surface area (Å²) >= 11 is 2.16. The average Bonchev–Trinajstić information content (AvgIpc) is 2.72. The van der Waals surface area contributed by atoms with Crippen LogP contribution in [0, 0.1) is 14.9 Å². The number of methoxy groups -OCH3 is 1. The first-order valence-electron chi connectivity index (χ1n) is 9.19. The Morgan fingerprint density at radius 1 is 1.21 bits per heavy atom. The van der Waals surface area contributed by atoms with Crippen LogP contribution in [-0.4, -0.2) is 26.2 Å². The van der Waals surface area contributed by atoms with E-state index in [0.29, 0.717) is 41.7 Å². The zero-order valence-electron chi connectivity index (χ0n) is 16.6. The number of anilines is 1. The van der Waals surface area contributed by atoms with Gasteiger partial charge in [0.2, 0.25) is 0 Å². The highest BCUT2D eigenvalue weighted by molar-refractivity contribution is 14.1. The Morgan fingerprint density at radius 3 is 2.62 bits per heavy atom. The van der Waals surface area contributed by atoms with Gasteiger partial charge in [0.1, 0.15) is 17.4 Å². The van der Waals surface area contributed by atoms with Crippen molar-refractivity contribution in [1.82, 2.24) is 0 Å². The van der Waals surface area contributed by atoms with Gasteiger partial charge in [0, 0.05) is 0 Å². The van der Waals surface area contributed by atoms with Crippen LogP contribution in [0.3, 0.4) is 0 Å². The van der Waals surface area contributed by atoms with Crippen molar-refractivity contribution in [3.8, 4) is 23.3 Å². The Morgan fingerprint density at radius 2 is 1.97 bits per heavy atom. The highest BCUT2D eigenvalue weighted by Gasteiger charge is 2.15. The van der Waals surface area contributed by atoms with E-state index < -0.39 is 5.91 Å². The number of carbonyl (C=O) groups is 1. The van der Waals surface area contributed by atoms with Crippen LogP contribution < -0.4 is 19.5 Å². The normalized spacial score (nSPS) is 10.8. The first-order valence-corrected chi connectivity index (χ1v) is 10.3. The predicted octanol–water partition coefficient (Wildman–Crippen LogP) is 5.03. The van der Waals surface area contributed by atoms with E-state index in [-0.39, 0.29) is 5.57 Å². The maximum atomic E-state index is 12.6. The third-order valence-electron chi connectivity index (χ3n) is 3.81. The topological polar surface area (TPSA) is 80.6 Å². The van der Waals surface area contributed by atoms with Gasteiger partial charge in [-0.1, -0.05) is 19.1 Å². The summed E-state index contributed by atoms with van der Waals surface area (Å²) in [6.45, 7) is 4.98. The van der Waals surface area contributed by atoms with Crippen molar-refractivity contribution in [2.75, 3.05) is 25.6 Å². The number of carbonyl (C=O) groups excluding carboxylic acids is 1. The molecule has 0 unspecified atom stereocenters. The summed E-state index contributed by atoms with van der Waals surface area (Å²) in [6.07, 6.45) is 2.41. The van der Waals surface area contributed by atoms with E-state index >= 15 is 0 Å². The summed E-state index contributed by atoms with van der Waals surface area (Å²) in [5.41, 5.74) is 1.14. The molecule has 0 radical (unpaired) electrons. The first-order chi connectivity index (χ1) is 14.0. The summed E-state index contributed by atoms with van der Waals surface area (Å²) in [7, 11) is 1.52. The first kappa shape index (κ1) is 22.6. The summed E-state index contributed by atoms with van der Waals surface area (Å²) in [5, 5.41) is 12.2. The monoisotopic (exact) mass is 506 g/mol. The predicted molar refractivity (Wildman–Crippen MR) is 121 cm³/mol. The standard InChI is InChI=1S/C22H23IN2O4/c1-4-10-29-21-17(23)12-15(13-20(21)28-5-2)11-16(14-24)22(26)25-18-8-6-7-9-19(18)27-3/h6-9,11-13H,4-5,10H2,1-3H3,(H,25,26)/b16-11-. The molecule has 0 fully saturated rings. The number of nitrogens with zero attached hydrogens (tertiary/aromatic N) is 1. The second-order valence-electron chi connectivity index (χ2n) is 5.94. The largest absolute Gasteiger partial charge is 0.495 e. The van der Waals surface area contributed by atoms with Crippen LogP contribution in [0.2, 0.25) is 0 Å². The van der Waals surface area contributed by atoms with Crippen molar-refractivity contribution in [3.63, 3.8) is 0 Å². The molecular formula is C22H23IN2O4. The van der Waals surface area contributed by atoms with Crippen LogP contribution in [0.4, 0.5) is 5.69 Å². The van der Waals surface area contributed by atoms with Crippen LogP contribution >= 0.6 is 22.6 Å². The third-order valence-corrected chi connectivity index (χ3v) is 4.61. The van der Waals surface area contributed by atoms with Crippen molar-refractivity contribution in [2.24, 2.45) is 0 Å². The van der Waals surface area contributed by atoms with Crippen molar-refractivity contribution in [2.45, 2.75) is 20.3 Å². The van der Waals surface area contributed by atoms with E-state index in [9.17, 15) is 10.1 Å². The van der Waals surface area contributed by atoms with Crippen LogP contribution in [0.15, 0.2) is 42.0 Å². The second-order valence-corrected chi connectivity index (χ2v) is 7.10. The van der Waals surface area contributed by atoms with Crippen LogP contribution in [0.5, 0.6) is 17.2 Å². The van der Waals surface area contributed by atoms with E-state index in [1.807, 2.05) is 26.0 Å². The molecule has 0 atom stereocenters. The SMILES string of the molecule is CCCOc1c(I)cc(/C=C(/C#N)C(=O)Nc2ccccc2OC)cc1OCC. The molecule has 1 N–H and O–H groups in total. The van der Waals surface area contributed by atoms with E-state index in [2.05, 4.69) is 27.9 Å². The Hall–Kier alpha value is -2.73. The fourth-order valence-corrected chi connectivity index (χ4v) is 3.31. The molecule has 0 aliphatic rings. The molecule has 2 aromatic carbocycles. The molecule has 2 rings (SSSR count). The van der Waals surface area contributed by atoms with Crippen molar-refractivity contribution < 1.29 is 19.0 Å². The number of para-hydroxylation sites is 2. The van der Waals surface area contributed by atoms with Gasteiger partial charge in [-0.15, -0.1) is 0 Å². The summed E-state index contributed by atoms with van der Waals surface area (Å²) in [4.78, 5) is 12.6. The quantitative estimate of drug-likeness (QED) is 0.293. The lowest BCUT2D eigenvalue weighted by molar-refractivity contribution is -0.112. The molecule has 1 amide bonds. The van der Waals surface area contributed by atoms with Gasteiger partial charge >= 0.3 is 0 Å². The zero-order valence-corrected chi connectivity index (χ0v) is 18.8. The lowest BCUT2D eigenvalue weighted by Crippen LogP contribution is -2.14. The maximum absolute atomic E-state index is 12.6. The Bertz CT molecular complexity index is 935. The fourth-order valence-electron chi connectivity index (χ4n) is 2.53. The van der Waals surface area contributed by atoms with Gasteiger partial charge in [0.05, 0.1) is 29.6 Å². The van der Waals surface area contributed by atoms with E-state index in [1.54, 1.807) is 30.3 Å². The minimum absolute atomic E-state index is 0.0311. The van der Waals surface area contributed by atoms with Gasteiger partial charge in [-0.05, 0) is 71.8 Å². The van der Waals surface area contributed by atoms with E-state index in [4.69, 9.17) is 14.2 Å². The van der Waals surface area contributed by atoms with Crippen LogP contribution in [0.1, 0.15) is 25.8 Å². The van der Waals surface area contributed by atoms with Gasteiger partial charge < -0.3 is 19.5 Å². The molecule has 2 aromatic rings. The highest BCUT2D eigenvalue weighted by atomic mass is 127. The third kappa shape index (κ3) is 6.12. The van der Waals surface area contributed by atoms with Gasteiger partial charge in [0.25, 0.3) is 5.91 Å². The maximum Gasteiger partial charge on any atom is 0.266 e. The lowest BCUT2D eigenvalue weighted by atomic mass is 10.1. The number of benzene rings is 2. The molecule has 7 heteroatoms. The zero-order chi connectivity index (χ0) is 21.2. The van der Waals surface area contributed by atoms with Gasteiger partial charge in [0.15, 0.2) is 11.5 Å². The molecule has 0 spiro atoms. The minimum Gasteiger partial charge on any atom is -0.495 e. The molecule has 0 aliphatic heterocycles. The van der Waals surface area contributed by atoms with Crippen molar-refractivity contribution in [1.29, 1.82) is 5.26 Å². The molecular weight excluding hydrogens is 483 g/mol. The Kier molecular flexibility index (Phi) is 8.80. The fraction of sp³-hybridized carbons (Fsp3) is 0.273. The average molecular weight is 506 g/mol. The molecule has 29 heavy (non-hydrogen) atoms. The number of amides is 1. The molecule has 152 valence electrons. The van der Waals surface area contributed by atoms with Crippen LogP contribution in [-0.2, 0) is 4.79 Å². The minimum atomic E-state index is -0.517. The second kappa shape index (κ2) is 11.3. The Labute approximate surface area is 184 Å². The molecule has 0 saturated heterocycles. The van der Waals surface area contributed by atoms with Gasteiger partial charge in [-0.2, -0.15) is 5.26 Å². The molecule has 0 aromatic heterocycles. The number of nitrogens with one attached hydrogen (secondary N) is 1. The summed E-state index contributed by atoms with van der Waals surface area (Å²) < 4.78 is 17.6. The number of hydrogen-bond acceptors (Lipinski definition) is 5. The van der Waals surface area contributed by atoms with Gasteiger partial charge in [-0.25, -0.2) is 0 Å². The van der Waals surface area contributed by atoms with Crippen molar-refractivity contribution in [3.05, 3.63) is 51.1 Å². The molecule has 0 saturated carbocycles. The summed E-state index contributed by atoms with van der Waals surface area (Å²) in [6, 6.07) is 12.6. The van der Waals surface area contributed by atoms with Crippen molar-refractivity contribution >= 4 is 40.3 Å². The number of halogens is 1. The molecule has 6 nitrogen and oxygen atoms in total. The Balaban J connectivity index is 2.34. The molecule has 0 bridgehead atoms. The number of hydrogen-bond donors (Lipinski definition) is 1. The summed E-state index contributed by atoms with van der Waals surface area (Å²) in [5.74, 6) is 1.25. The van der Waals surface area contributed by atoms with Crippen LogP contribution in [0.25, 0.3) is 6.08 Å². The van der Waals surface area contributed by atoms with E-state index in [0.717, 1.165) is 9.99 Å². The number of rotatable bonds is 9. The van der Waals surface area contributed by atoms with E-state index in [1.165, 1.54) is 13.2 Å². The number of ether oxygens (including phenoxy) is 3. The smallest absolute Gasteiger partial charge is 0.266 e.